The summed E-state index contributed by atoms with van der Waals surface area (Å²) in [4.78, 5) is 69.5. The van der Waals surface area contributed by atoms with Crippen LogP contribution in [0.25, 0.3) is 33.4 Å². The minimum absolute atomic E-state index is 0.0424. The van der Waals surface area contributed by atoms with Crippen LogP contribution in [-0.2, 0) is 27.5 Å². The number of benzene rings is 4. The largest absolute Gasteiger partial charge is 0.393 e. The van der Waals surface area contributed by atoms with Crippen LogP contribution in [-0.4, -0.2) is 72.4 Å². The Kier molecular flexibility index (Phi) is 12.5. The summed E-state index contributed by atoms with van der Waals surface area (Å²) in [5.74, 6) is -2.20. The normalized spacial score (nSPS) is 18.5. The first-order chi connectivity index (χ1) is 31.7. The van der Waals surface area contributed by atoms with Gasteiger partial charge in [0.25, 0.3) is 11.8 Å². The lowest BCUT2D eigenvalue weighted by Gasteiger charge is -2.27. The van der Waals surface area contributed by atoms with Crippen LogP contribution in [0.1, 0.15) is 102 Å². The van der Waals surface area contributed by atoms with Gasteiger partial charge in [-0.1, -0.05) is 97.4 Å². The molecular weight excluding hydrogens is 821 g/mol. The molecule has 0 radical (unpaired) electrons. The van der Waals surface area contributed by atoms with Crippen molar-refractivity contribution in [1.82, 2.24) is 29.7 Å². The number of unbranched alkanes of at least 4 members (excludes halogenated alkanes) is 2. The van der Waals surface area contributed by atoms with Gasteiger partial charge in [0.1, 0.15) is 17.2 Å². The predicted molar refractivity (Wildman–Crippen MR) is 245 cm³/mol. The summed E-state index contributed by atoms with van der Waals surface area (Å²) in [6, 6.07) is 32.8. The minimum Gasteiger partial charge on any atom is -0.393 e. The molecule has 65 heavy (non-hydrogen) atoms. The Morgan fingerprint density at radius 1 is 0.769 bits per heavy atom. The summed E-state index contributed by atoms with van der Waals surface area (Å²) in [5.41, 5.74) is 8.15. The van der Waals surface area contributed by atoms with Gasteiger partial charge >= 0.3 is 0 Å². The van der Waals surface area contributed by atoms with E-state index in [0.29, 0.717) is 56.5 Å². The molecule has 2 aromatic heterocycles. The quantitative estimate of drug-likeness (QED) is 0.0546. The molecule has 0 spiro atoms. The van der Waals surface area contributed by atoms with E-state index in [1.54, 1.807) is 24.5 Å². The standard InChI is InChI=1S/C51H52N8O6/c52-47-45-43(34-11-4-1-5-12-34)46(35-13-6-2-7-14-35)57(48(45)55-31-58(47)36-22-24-37(60)25-23-36)30-33-20-18-32(19-21-33)29-54-41(61)17-8-3-9-28-53-39-16-10-15-38-44(39)51(65)59(50(38)64)40-26-27-42(62)56-49(40)63/h1-2,4-7,10-16,18-21,31,36-37,40,52-53,60H,3,8-9,17,22-30H2,(H,54,61)(H,56,62,63). The number of fused-ring (bicyclic) bond motifs is 2. The first kappa shape index (κ1) is 43.1. The number of piperidine rings is 1. The summed E-state index contributed by atoms with van der Waals surface area (Å²) in [7, 11) is 0. The fourth-order valence-corrected chi connectivity index (χ4v) is 9.52. The number of imide groups is 2. The Hall–Kier alpha value is -7.19. The van der Waals surface area contributed by atoms with Crippen molar-refractivity contribution >= 4 is 46.3 Å². The second-order valence-electron chi connectivity index (χ2n) is 17.2. The topological polar surface area (TPSA) is 192 Å². The minimum atomic E-state index is -1.02. The molecule has 1 saturated heterocycles. The number of nitrogens with zero attached hydrogens (tertiary/aromatic N) is 4. The van der Waals surface area contributed by atoms with Crippen LogP contribution >= 0.6 is 0 Å². The van der Waals surface area contributed by atoms with E-state index in [4.69, 9.17) is 4.98 Å². The second-order valence-corrected chi connectivity index (χ2v) is 17.2. The molecule has 1 unspecified atom stereocenters. The Labute approximate surface area is 376 Å². The smallest absolute Gasteiger partial charge is 0.264 e. The zero-order valence-electron chi connectivity index (χ0n) is 36.1. The zero-order valence-corrected chi connectivity index (χ0v) is 36.1. The van der Waals surface area contributed by atoms with E-state index in [-0.39, 0.29) is 42.0 Å². The van der Waals surface area contributed by atoms with Crippen molar-refractivity contribution in [3.05, 3.63) is 137 Å². The van der Waals surface area contributed by atoms with Crippen molar-refractivity contribution in [2.45, 2.75) is 95.5 Å². The summed E-state index contributed by atoms with van der Waals surface area (Å²) in [6.07, 6.45) is 7.24. The van der Waals surface area contributed by atoms with Gasteiger partial charge in [-0.05, 0) is 79.3 Å². The number of aliphatic hydroxyl groups excluding tert-OH is 1. The fraction of sp³-hybridized carbons (Fsp3) is 0.314. The molecule has 332 valence electrons. The lowest BCUT2D eigenvalue weighted by Crippen LogP contribution is -2.54. The monoisotopic (exact) mass is 872 g/mol. The number of carbonyl (C=O) groups excluding carboxylic acids is 5. The average Bonchev–Trinajstić information content (AvgIpc) is 3.79. The number of carbonyl (C=O) groups is 5. The number of nitrogens with one attached hydrogen (secondary N) is 4. The van der Waals surface area contributed by atoms with Gasteiger partial charge in [-0.2, -0.15) is 0 Å². The molecule has 0 bridgehead atoms. The van der Waals surface area contributed by atoms with Crippen molar-refractivity contribution < 1.29 is 29.1 Å². The number of rotatable bonds is 15. The molecular formula is C51H52N8O6. The van der Waals surface area contributed by atoms with Crippen LogP contribution in [0.5, 0.6) is 0 Å². The molecule has 5 N–H and O–H groups in total. The third-order valence-electron chi connectivity index (χ3n) is 12.9. The van der Waals surface area contributed by atoms with Crippen molar-refractivity contribution in [3.63, 3.8) is 0 Å². The van der Waals surface area contributed by atoms with Gasteiger partial charge in [-0.25, -0.2) is 4.98 Å². The molecule has 14 heteroatoms. The van der Waals surface area contributed by atoms with Crippen LogP contribution in [0.3, 0.4) is 0 Å². The molecule has 3 aliphatic rings. The fourth-order valence-electron chi connectivity index (χ4n) is 9.52. The van der Waals surface area contributed by atoms with Crippen LogP contribution in [0.2, 0.25) is 0 Å². The average molecular weight is 873 g/mol. The van der Waals surface area contributed by atoms with Gasteiger partial charge in [-0.3, -0.25) is 39.6 Å². The summed E-state index contributed by atoms with van der Waals surface area (Å²) >= 11 is 0. The molecule has 5 amide bonds. The lowest BCUT2D eigenvalue weighted by atomic mass is 9.93. The maximum Gasteiger partial charge on any atom is 0.264 e. The number of hydrogen-bond donors (Lipinski definition) is 5. The highest BCUT2D eigenvalue weighted by Gasteiger charge is 2.45. The summed E-state index contributed by atoms with van der Waals surface area (Å²) < 4.78 is 4.21. The van der Waals surface area contributed by atoms with Crippen molar-refractivity contribution in [3.8, 4) is 22.4 Å². The van der Waals surface area contributed by atoms with Gasteiger partial charge < -0.3 is 24.9 Å². The van der Waals surface area contributed by atoms with E-state index in [1.807, 2.05) is 53.1 Å². The van der Waals surface area contributed by atoms with E-state index in [0.717, 1.165) is 75.1 Å². The van der Waals surface area contributed by atoms with Crippen molar-refractivity contribution in [1.29, 1.82) is 5.41 Å². The highest BCUT2D eigenvalue weighted by molar-refractivity contribution is 6.25. The van der Waals surface area contributed by atoms with E-state index in [2.05, 4.69) is 56.9 Å². The van der Waals surface area contributed by atoms with E-state index >= 15 is 0 Å². The molecule has 6 aromatic rings. The Bertz CT molecular complexity index is 2830. The number of anilines is 1. The lowest BCUT2D eigenvalue weighted by molar-refractivity contribution is -0.136. The Morgan fingerprint density at radius 2 is 1.48 bits per heavy atom. The van der Waals surface area contributed by atoms with Crippen LogP contribution in [0, 0.1) is 5.41 Å². The highest BCUT2D eigenvalue weighted by Crippen LogP contribution is 2.40. The molecule has 4 aromatic carbocycles. The number of aromatic nitrogens is 3. The van der Waals surface area contributed by atoms with Crippen molar-refractivity contribution in [2.75, 3.05) is 11.9 Å². The maximum absolute atomic E-state index is 13.4. The Balaban J connectivity index is 0.819. The van der Waals surface area contributed by atoms with Crippen molar-refractivity contribution in [2.24, 2.45) is 0 Å². The highest BCUT2D eigenvalue weighted by atomic mass is 16.3. The van der Waals surface area contributed by atoms with Gasteiger partial charge in [0.2, 0.25) is 17.7 Å². The summed E-state index contributed by atoms with van der Waals surface area (Å²) in [6.45, 7) is 1.43. The molecule has 14 nitrogen and oxygen atoms in total. The third kappa shape index (κ3) is 8.86. The molecule has 2 fully saturated rings. The number of aliphatic hydroxyl groups is 1. The molecule has 2 aliphatic heterocycles. The summed E-state index contributed by atoms with van der Waals surface area (Å²) in [5, 5.41) is 29.2. The van der Waals surface area contributed by atoms with E-state index < -0.39 is 29.7 Å². The van der Waals surface area contributed by atoms with E-state index in [1.165, 1.54) is 0 Å². The van der Waals surface area contributed by atoms with Crippen LogP contribution in [0.15, 0.2) is 109 Å². The SMILES string of the molecule is N=c1c2c(-c3ccccc3)c(-c3ccccc3)n(Cc3ccc(CNC(=O)CCCCCNc4cccc5c4C(=O)N(C4CCC(=O)NC4=O)C5=O)cc3)c2ncn1C1CCC(O)CC1. The third-order valence-corrected chi connectivity index (χ3v) is 12.9. The molecule has 1 atom stereocenters. The molecule has 4 heterocycles. The van der Waals surface area contributed by atoms with Gasteiger partial charge in [0.15, 0.2) is 0 Å². The van der Waals surface area contributed by atoms with Gasteiger partial charge in [-0.15, -0.1) is 0 Å². The maximum atomic E-state index is 13.4. The predicted octanol–water partition coefficient (Wildman–Crippen LogP) is 6.87. The number of hydrogen-bond acceptors (Lipinski definition) is 9. The number of amides is 5. The molecule has 1 saturated carbocycles. The zero-order chi connectivity index (χ0) is 45.0. The molecule has 1 aliphatic carbocycles. The van der Waals surface area contributed by atoms with Crippen LogP contribution < -0.4 is 21.4 Å². The van der Waals surface area contributed by atoms with E-state index in [9.17, 15) is 34.5 Å². The molecule has 9 rings (SSSR count). The second kappa shape index (κ2) is 18.9. The van der Waals surface area contributed by atoms with Crippen LogP contribution in [0.4, 0.5) is 5.69 Å². The van der Waals surface area contributed by atoms with Gasteiger partial charge in [0, 0.05) is 49.8 Å². The Morgan fingerprint density at radius 3 is 2.20 bits per heavy atom. The van der Waals surface area contributed by atoms with Gasteiger partial charge in [0.05, 0.1) is 34.6 Å². The first-order valence-electron chi connectivity index (χ1n) is 22.6. The first-order valence-corrected chi connectivity index (χ1v) is 22.6.